The van der Waals surface area contributed by atoms with Crippen LogP contribution in [0.1, 0.15) is 48.2 Å². The van der Waals surface area contributed by atoms with E-state index in [2.05, 4.69) is 30.6 Å². The number of benzene rings is 2. The summed E-state index contributed by atoms with van der Waals surface area (Å²) in [5, 5.41) is 4.11. The summed E-state index contributed by atoms with van der Waals surface area (Å²) < 4.78 is 22.9. The lowest BCUT2D eigenvalue weighted by molar-refractivity contribution is 0.0947. The molecule has 2 aromatic carbocycles. The van der Waals surface area contributed by atoms with Gasteiger partial charge in [0.25, 0.3) is 5.91 Å². The number of amides is 1. The summed E-state index contributed by atoms with van der Waals surface area (Å²) >= 11 is 0. The molecule has 0 saturated heterocycles. The second kappa shape index (κ2) is 9.40. The van der Waals surface area contributed by atoms with Gasteiger partial charge in [-0.1, -0.05) is 26.5 Å². The van der Waals surface area contributed by atoms with Gasteiger partial charge in [-0.2, -0.15) is 0 Å². The molecule has 2 heterocycles. The van der Waals surface area contributed by atoms with Crippen molar-refractivity contribution in [3.8, 4) is 5.69 Å². The normalized spacial score (nSPS) is 11.8. The minimum absolute atomic E-state index is 0.207. The first-order valence-corrected chi connectivity index (χ1v) is 11.7. The van der Waals surface area contributed by atoms with E-state index >= 15 is 0 Å². The molecule has 0 radical (unpaired) electrons. The van der Waals surface area contributed by atoms with Gasteiger partial charge in [0, 0.05) is 30.2 Å². The average molecular weight is 450 g/mol. The van der Waals surface area contributed by atoms with Crippen molar-refractivity contribution < 1.29 is 13.6 Å². The summed E-state index contributed by atoms with van der Waals surface area (Å²) in [6, 6.07) is 7.34. The first-order valence-electron chi connectivity index (χ1n) is 11.7. The number of hydrogen-bond acceptors (Lipinski definition) is 3. The Hall–Kier alpha value is -3.12. The summed E-state index contributed by atoms with van der Waals surface area (Å²) in [5.74, 6) is -0.585. The molecule has 0 saturated carbocycles. The molecular weight excluding hydrogens is 417 g/mol. The van der Waals surface area contributed by atoms with Crippen LogP contribution in [0, 0.1) is 19.7 Å². The van der Waals surface area contributed by atoms with E-state index in [1.807, 2.05) is 29.7 Å². The molecule has 2 aliphatic heterocycles. The molecule has 4 rings (SSSR count). The zero-order chi connectivity index (χ0) is 23.7. The van der Waals surface area contributed by atoms with Crippen molar-refractivity contribution in [2.24, 2.45) is 0 Å². The SMILES string of the molecule is C=c1c(C(=O)NCCN(CCC)CCC)cn2c3ccc(C)cc3oc3c(C)c(F)cc1c3-2. The fourth-order valence-electron chi connectivity index (χ4n) is 4.51. The van der Waals surface area contributed by atoms with Gasteiger partial charge in [-0.3, -0.25) is 4.79 Å². The first-order chi connectivity index (χ1) is 15.8. The van der Waals surface area contributed by atoms with E-state index in [1.165, 1.54) is 6.07 Å². The van der Waals surface area contributed by atoms with Crippen molar-refractivity contribution in [1.82, 2.24) is 14.8 Å². The summed E-state index contributed by atoms with van der Waals surface area (Å²) in [6.45, 7) is 15.5. The Bertz CT molecular complexity index is 1350. The van der Waals surface area contributed by atoms with Gasteiger partial charge in [-0.05, 0) is 68.8 Å². The highest BCUT2D eigenvalue weighted by Crippen LogP contribution is 2.33. The van der Waals surface area contributed by atoms with Crippen LogP contribution in [-0.2, 0) is 0 Å². The third-order valence-corrected chi connectivity index (χ3v) is 6.21. The maximum atomic E-state index is 14.8. The molecule has 0 atom stereocenters. The number of fused-ring (bicyclic) bond motifs is 2. The quantitative estimate of drug-likeness (QED) is 0.300. The van der Waals surface area contributed by atoms with Gasteiger partial charge in [0.1, 0.15) is 5.82 Å². The van der Waals surface area contributed by atoms with Gasteiger partial charge in [-0.25, -0.2) is 4.39 Å². The van der Waals surface area contributed by atoms with Gasteiger partial charge >= 0.3 is 0 Å². The van der Waals surface area contributed by atoms with Crippen molar-refractivity contribution in [2.45, 2.75) is 40.5 Å². The van der Waals surface area contributed by atoms with Crippen molar-refractivity contribution in [1.29, 1.82) is 0 Å². The number of hydrogen-bond donors (Lipinski definition) is 1. The zero-order valence-corrected chi connectivity index (χ0v) is 19.9. The van der Waals surface area contributed by atoms with Crippen LogP contribution >= 0.6 is 0 Å². The molecule has 0 fully saturated rings. The minimum atomic E-state index is -0.377. The summed E-state index contributed by atoms with van der Waals surface area (Å²) in [5.41, 5.74) is 4.56. The fourth-order valence-corrected chi connectivity index (χ4v) is 4.51. The van der Waals surface area contributed by atoms with E-state index < -0.39 is 0 Å². The number of aryl methyl sites for hydroxylation is 2. The molecule has 1 N–H and O–H groups in total. The number of halogens is 1. The maximum absolute atomic E-state index is 14.8. The van der Waals surface area contributed by atoms with Crippen molar-refractivity contribution >= 4 is 34.6 Å². The van der Waals surface area contributed by atoms with Crippen LogP contribution in [0.25, 0.3) is 34.3 Å². The molecule has 0 unspecified atom stereocenters. The maximum Gasteiger partial charge on any atom is 0.253 e. The fraction of sp³-hybridized carbons (Fsp3) is 0.370. The number of carbonyl (C=O) groups is 1. The molecular formula is C27H32FN3O2. The van der Waals surface area contributed by atoms with E-state index in [-0.39, 0.29) is 11.7 Å². The molecule has 174 valence electrons. The number of rotatable bonds is 8. The van der Waals surface area contributed by atoms with Gasteiger partial charge in [0.15, 0.2) is 11.2 Å². The predicted molar refractivity (Wildman–Crippen MR) is 133 cm³/mol. The van der Waals surface area contributed by atoms with Gasteiger partial charge in [0.2, 0.25) is 0 Å². The Morgan fingerprint density at radius 3 is 2.58 bits per heavy atom. The van der Waals surface area contributed by atoms with Gasteiger partial charge in [-0.15, -0.1) is 0 Å². The van der Waals surface area contributed by atoms with Crippen molar-refractivity contribution in [2.75, 3.05) is 26.2 Å². The molecule has 5 nitrogen and oxygen atoms in total. The van der Waals surface area contributed by atoms with E-state index in [1.54, 1.807) is 13.1 Å². The van der Waals surface area contributed by atoms with Gasteiger partial charge in [0.05, 0.1) is 16.8 Å². The molecule has 33 heavy (non-hydrogen) atoms. The van der Waals surface area contributed by atoms with E-state index in [0.717, 1.165) is 49.2 Å². The topological polar surface area (TPSA) is 50.4 Å². The lowest BCUT2D eigenvalue weighted by atomic mass is 10.0. The van der Waals surface area contributed by atoms with E-state index in [9.17, 15) is 9.18 Å². The van der Waals surface area contributed by atoms with Crippen LogP contribution in [-0.4, -0.2) is 41.6 Å². The minimum Gasteiger partial charge on any atom is -0.453 e. The van der Waals surface area contributed by atoms with Crippen LogP contribution in [0.3, 0.4) is 0 Å². The first kappa shape index (κ1) is 23.1. The van der Waals surface area contributed by atoms with Crippen LogP contribution in [0.5, 0.6) is 0 Å². The second-order valence-electron chi connectivity index (χ2n) is 8.77. The molecule has 6 heteroatoms. The Balaban J connectivity index is 1.80. The van der Waals surface area contributed by atoms with Crippen LogP contribution in [0.2, 0.25) is 0 Å². The average Bonchev–Trinajstić information content (AvgIpc) is 2.78. The largest absolute Gasteiger partial charge is 0.453 e. The number of pyridine rings is 1. The van der Waals surface area contributed by atoms with Crippen molar-refractivity contribution in [3.63, 3.8) is 0 Å². The van der Waals surface area contributed by atoms with Crippen LogP contribution in [0.15, 0.2) is 34.9 Å². The standard InChI is InChI=1S/C27H32FN3O2/c1-6-11-30(12-7-2)13-10-29-27(32)21-16-31-23-9-8-17(3)14-24(23)33-26-19(5)22(28)15-20(18(21)4)25(26)31/h8-9,14-16H,4,6-7,10-13H2,1-3,5H3,(H,29,32). The lowest BCUT2D eigenvalue weighted by Gasteiger charge is -2.22. The monoisotopic (exact) mass is 449 g/mol. The summed E-state index contributed by atoms with van der Waals surface area (Å²) in [4.78, 5) is 15.5. The Morgan fingerprint density at radius 2 is 1.88 bits per heavy atom. The lowest BCUT2D eigenvalue weighted by Crippen LogP contribution is -2.37. The molecule has 1 amide bonds. The Kier molecular flexibility index (Phi) is 6.56. The number of aromatic nitrogens is 1. The highest BCUT2D eigenvalue weighted by Gasteiger charge is 2.22. The van der Waals surface area contributed by atoms with Crippen LogP contribution in [0.4, 0.5) is 4.39 Å². The third kappa shape index (κ3) is 4.27. The summed E-state index contributed by atoms with van der Waals surface area (Å²) in [7, 11) is 0. The summed E-state index contributed by atoms with van der Waals surface area (Å²) in [6.07, 6.45) is 3.96. The molecule has 0 bridgehead atoms. The molecule has 0 spiro atoms. The molecule has 2 aliphatic rings. The van der Waals surface area contributed by atoms with Gasteiger partial charge < -0.3 is 19.2 Å². The second-order valence-corrected chi connectivity index (χ2v) is 8.77. The number of carbonyl (C=O) groups excluding carboxylic acids is 1. The predicted octanol–water partition coefficient (Wildman–Crippen LogP) is 5.11. The Morgan fingerprint density at radius 1 is 1.15 bits per heavy atom. The smallest absolute Gasteiger partial charge is 0.253 e. The highest BCUT2D eigenvalue weighted by molar-refractivity contribution is 6.00. The highest BCUT2D eigenvalue weighted by atomic mass is 19.1. The Labute approximate surface area is 193 Å². The molecule has 2 aromatic rings. The number of nitrogens with one attached hydrogen (secondary N) is 1. The molecule has 0 aliphatic carbocycles. The number of nitrogens with zero attached hydrogens (tertiary/aromatic N) is 2. The van der Waals surface area contributed by atoms with Crippen molar-refractivity contribution in [3.05, 3.63) is 58.2 Å². The van der Waals surface area contributed by atoms with E-state index in [0.29, 0.717) is 39.4 Å². The van der Waals surface area contributed by atoms with E-state index in [4.69, 9.17) is 4.42 Å². The third-order valence-electron chi connectivity index (χ3n) is 6.21. The van der Waals surface area contributed by atoms with Crippen LogP contribution < -0.4 is 10.5 Å². The molecule has 0 aromatic heterocycles. The zero-order valence-electron chi connectivity index (χ0n) is 19.9.